The number of hydrogen-bond acceptors (Lipinski definition) is 4. The highest BCUT2D eigenvalue weighted by Gasteiger charge is 2.21. The standard InChI is InChI=1S/C18H22N2O4S/c1-5-24-16-9-7-6-8-15(16)19-18(21)14-11-10-13(2)17(12-14)25(22,23)20(3)4/h6-12H,5H2,1-4H3,(H,19,21). The van der Waals surface area contributed by atoms with E-state index in [0.717, 1.165) is 4.31 Å². The number of anilines is 1. The number of benzene rings is 2. The number of hydrogen-bond donors (Lipinski definition) is 1. The van der Waals surface area contributed by atoms with Crippen LogP contribution in [0.4, 0.5) is 5.69 Å². The molecular formula is C18H22N2O4S. The predicted octanol–water partition coefficient (Wildman–Crippen LogP) is 2.90. The Bertz CT molecular complexity index is 876. The van der Waals surface area contributed by atoms with Gasteiger partial charge in [0.05, 0.1) is 17.2 Å². The number of rotatable bonds is 6. The normalized spacial score (nSPS) is 11.4. The Morgan fingerprint density at radius 3 is 2.48 bits per heavy atom. The summed E-state index contributed by atoms with van der Waals surface area (Å²) in [4.78, 5) is 12.7. The summed E-state index contributed by atoms with van der Waals surface area (Å²) in [6.45, 7) is 4.03. The van der Waals surface area contributed by atoms with Gasteiger partial charge in [0, 0.05) is 19.7 Å². The van der Waals surface area contributed by atoms with Crippen molar-refractivity contribution in [3.05, 3.63) is 53.6 Å². The zero-order valence-corrected chi connectivity index (χ0v) is 15.6. The summed E-state index contributed by atoms with van der Waals surface area (Å²) < 4.78 is 31.4. The van der Waals surface area contributed by atoms with Crippen molar-refractivity contribution < 1.29 is 17.9 Å². The van der Waals surface area contributed by atoms with E-state index in [-0.39, 0.29) is 10.5 Å². The van der Waals surface area contributed by atoms with Crippen molar-refractivity contribution in [3.63, 3.8) is 0 Å². The van der Waals surface area contributed by atoms with Crippen LogP contribution < -0.4 is 10.1 Å². The number of amides is 1. The lowest BCUT2D eigenvalue weighted by Crippen LogP contribution is -2.23. The van der Waals surface area contributed by atoms with Crippen molar-refractivity contribution in [1.29, 1.82) is 0 Å². The van der Waals surface area contributed by atoms with Gasteiger partial charge < -0.3 is 10.1 Å². The van der Waals surface area contributed by atoms with Gasteiger partial charge in [-0.15, -0.1) is 0 Å². The molecule has 0 unspecified atom stereocenters. The molecule has 134 valence electrons. The van der Waals surface area contributed by atoms with E-state index in [2.05, 4.69) is 5.32 Å². The Morgan fingerprint density at radius 1 is 1.16 bits per heavy atom. The van der Waals surface area contributed by atoms with Crippen molar-refractivity contribution in [2.24, 2.45) is 0 Å². The molecule has 7 heteroatoms. The van der Waals surface area contributed by atoms with Crippen LogP contribution in [0.5, 0.6) is 5.75 Å². The van der Waals surface area contributed by atoms with E-state index in [1.54, 1.807) is 37.3 Å². The summed E-state index contributed by atoms with van der Waals surface area (Å²) in [6.07, 6.45) is 0. The number of ether oxygens (including phenoxy) is 1. The summed E-state index contributed by atoms with van der Waals surface area (Å²) in [5, 5.41) is 2.77. The molecule has 1 amide bonds. The fourth-order valence-corrected chi connectivity index (χ4v) is 3.41. The third kappa shape index (κ3) is 4.18. The van der Waals surface area contributed by atoms with Gasteiger partial charge in [-0.1, -0.05) is 18.2 Å². The lowest BCUT2D eigenvalue weighted by atomic mass is 10.1. The molecule has 0 aliphatic carbocycles. The molecular weight excluding hydrogens is 340 g/mol. The van der Waals surface area contributed by atoms with Crippen LogP contribution in [0, 0.1) is 6.92 Å². The first-order valence-corrected chi connectivity index (χ1v) is 9.27. The van der Waals surface area contributed by atoms with Gasteiger partial charge in [0.15, 0.2) is 0 Å². The Kier molecular flexibility index (Phi) is 5.81. The zero-order valence-electron chi connectivity index (χ0n) is 14.7. The molecule has 0 aliphatic heterocycles. The third-order valence-electron chi connectivity index (χ3n) is 3.64. The summed E-state index contributed by atoms with van der Waals surface area (Å²) in [6, 6.07) is 11.7. The fourth-order valence-electron chi connectivity index (χ4n) is 2.26. The smallest absolute Gasteiger partial charge is 0.255 e. The maximum Gasteiger partial charge on any atom is 0.255 e. The molecule has 0 fully saturated rings. The van der Waals surface area contributed by atoms with Crippen molar-refractivity contribution >= 4 is 21.6 Å². The van der Waals surface area contributed by atoms with Crippen molar-refractivity contribution in [1.82, 2.24) is 4.31 Å². The molecule has 6 nitrogen and oxygen atoms in total. The molecule has 0 saturated heterocycles. The molecule has 0 radical (unpaired) electrons. The summed E-state index contributed by atoms with van der Waals surface area (Å²) in [5.41, 5.74) is 1.38. The first kappa shape index (κ1) is 19.0. The van der Waals surface area contributed by atoms with E-state index in [1.165, 1.54) is 20.2 Å². The number of carbonyl (C=O) groups excluding carboxylic acids is 1. The van der Waals surface area contributed by atoms with Gasteiger partial charge in [-0.25, -0.2) is 12.7 Å². The molecule has 0 heterocycles. The molecule has 2 aromatic rings. The Hall–Kier alpha value is -2.38. The maximum absolute atomic E-state index is 12.6. The van der Waals surface area contributed by atoms with Crippen LogP contribution in [0.1, 0.15) is 22.8 Å². The van der Waals surface area contributed by atoms with E-state index >= 15 is 0 Å². The average Bonchev–Trinajstić information content (AvgIpc) is 2.56. The molecule has 0 bridgehead atoms. The Morgan fingerprint density at radius 2 is 1.84 bits per heavy atom. The fraction of sp³-hybridized carbons (Fsp3) is 0.278. The van der Waals surface area contributed by atoms with Crippen LogP contribution in [0.3, 0.4) is 0 Å². The highest BCUT2D eigenvalue weighted by atomic mass is 32.2. The zero-order chi connectivity index (χ0) is 18.6. The van der Waals surface area contributed by atoms with Crippen LogP contribution in [-0.4, -0.2) is 39.3 Å². The maximum atomic E-state index is 12.6. The Balaban J connectivity index is 2.36. The molecule has 1 N–H and O–H groups in total. The molecule has 0 aromatic heterocycles. The molecule has 0 saturated carbocycles. The lowest BCUT2D eigenvalue weighted by molar-refractivity contribution is 0.102. The van der Waals surface area contributed by atoms with Gasteiger partial charge in [0.1, 0.15) is 5.75 Å². The molecule has 0 spiro atoms. The molecule has 25 heavy (non-hydrogen) atoms. The summed E-state index contributed by atoms with van der Waals surface area (Å²) in [5.74, 6) is 0.161. The molecule has 2 rings (SSSR count). The van der Waals surface area contributed by atoms with Gasteiger partial charge in [-0.3, -0.25) is 4.79 Å². The van der Waals surface area contributed by atoms with Crippen LogP contribution >= 0.6 is 0 Å². The highest BCUT2D eigenvalue weighted by Crippen LogP contribution is 2.25. The SMILES string of the molecule is CCOc1ccccc1NC(=O)c1ccc(C)c(S(=O)(=O)N(C)C)c1. The van der Waals surface area contributed by atoms with Gasteiger partial charge in [0.25, 0.3) is 5.91 Å². The monoisotopic (exact) mass is 362 g/mol. The van der Waals surface area contributed by atoms with Crippen molar-refractivity contribution in [3.8, 4) is 5.75 Å². The van der Waals surface area contributed by atoms with E-state index in [0.29, 0.717) is 23.6 Å². The first-order valence-electron chi connectivity index (χ1n) is 7.83. The second kappa shape index (κ2) is 7.67. The van der Waals surface area contributed by atoms with E-state index in [9.17, 15) is 13.2 Å². The molecule has 0 atom stereocenters. The van der Waals surface area contributed by atoms with Crippen LogP contribution in [0.25, 0.3) is 0 Å². The quantitative estimate of drug-likeness (QED) is 0.857. The molecule has 2 aromatic carbocycles. The van der Waals surface area contributed by atoms with Crippen molar-refractivity contribution in [2.45, 2.75) is 18.7 Å². The topological polar surface area (TPSA) is 75.7 Å². The number of sulfonamides is 1. The minimum absolute atomic E-state index is 0.114. The minimum Gasteiger partial charge on any atom is -0.492 e. The van der Waals surface area contributed by atoms with E-state index < -0.39 is 15.9 Å². The van der Waals surface area contributed by atoms with E-state index in [1.807, 2.05) is 13.0 Å². The Labute approximate surface area is 148 Å². The van der Waals surface area contributed by atoms with Crippen molar-refractivity contribution in [2.75, 3.05) is 26.0 Å². The number of nitrogens with one attached hydrogen (secondary N) is 1. The van der Waals surface area contributed by atoms with E-state index in [4.69, 9.17) is 4.74 Å². The summed E-state index contributed by atoms with van der Waals surface area (Å²) in [7, 11) is -0.708. The predicted molar refractivity (Wildman–Crippen MR) is 97.6 cm³/mol. The first-order chi connectivity index (χ1) is 11.8. The minimum atomic E-state index is -3.62. The third-order valence-corrected chi connectivity index (χ3v) is 5.60. The number of nitrogens with zero attached hydrogens (tertiary/aromatic N) is 1. The van der Waals surface area contributed by atoms with Gasteiger partial charge in [0.2, 0.25) is 10.0 Å². The largest absolute Gasteiger partial charge is 0.492 e. The van der Waals surface area contributed by atoms with Gasteiger partial charge in [-0.05, 0) is 43.7 Å². The lowest BCUT2D eigenvalue weighted by Gasteiger charge is -2.15. The summed E-state index contributed by atoms with van der Waals surface area (Å²) >= 11 is 0. The number of carbonyl (C=O) groups is 1. The van der Waals surface area contributed by atoms with Crippen LogP contribution in [-0.2, 0) is 10.0 Å². The average molecular weight is 362 g/mol. The van der Waals surface area contributed by atoms with Gasteiger partial charge >= 0.3 is 0 Å². The van der Waals surface area contributed by atoms with Gasteiger partial charge in [-0.2, -0.15) is 0 Å². The molecule has 0 aliphatic rings. The second-order valence-corrected chi connectivity index (χ2v) is 7.77. The van der Waals surface area contributed by atoms with Crippen LogP contribution in [0.2, 0.25) is 0 Å². The second-order valence-electron chi connectivity index (χ2n) is 5.65. The number of para-hydroxylation sites is 2. The highest BCUT2D eigenvalue weighted by molar-refractivity contribution is 7.89. The van der Waals surface area contributed by atoms with Crippen LogP contribution in [0.15, 0.2) is 47.4 Å². The number of aryl methyl sites for hydroxylation is 1.